The van der Waals surface area contributed by atoms with Gasteiger partial charge in [-0.3, -0.25) is 14.8 Å². The van der Waals surface area contributed by atoms with Crippen LogP contribution in [0.3, 0.4) is 0 Å². The Morgan fingerprint density at radius 3 is 3.00 bits per heavy atom. The second kappa shape index (κ2) is 4.70. The van der Waals surface area contributed by atoms with Gasteiger partial charge in [-0.25, -0.2) is 0 Å². The van der Waals surface area contributed by atoms with Gasteiger partial charge in [-0.2, -0.15) is 0 Å². The van der Waals surface area contributed by atoms with E-state index in [1.807, 2.05) is 26.0 Å². The van der Waals surface area contributed by atoms with Crippen molar-refractivity contribution < 1.29 is 4.79 Å². The molecule has 1 aliphatic heterocycles. The number of rotatable bonds is 1. The highest BCUT2D eigenvalue weighted by Gasteiger charge is 2.38. The standard InChI is InChI=1S/C14H15BrN4O/c1-14(2)13(20)17-5-6-19(14)11-3-4-16-10-7-9(15)8-18-12(10)11/h3-4,7-8H,5-6H2,1-2H3,(H,17,20). The first-order chi connectivity index (χ1) is 9.50. The molecule has 3 heterocycles. The molecule has 20 heavy (non-hydrogen) atoms. The van der Waals surface area contributed by atoms with Gasteiger partial charge in [0.15, 0.2) is 0 Å². The van der Waals surface area contributed by atoms with Crippen LogP contribution < -0.4 is 10.2 Å². The van der Waals surface area contributed by atoms with Crippen LogP contribution in [0.2, 0.25) is 0 Å². The van der Waals surface area contributed by atoms with Crippen LogP contribution in [0.1, 0.15) is 13.8 Å². The Labute approximate surface area is 125 Å². The predicted molar refractivity (Wildman–Crippen MR) is 81.7 cm³/mol. The molecule has 5 nitrogen and oxygen atoms in total. The maximum Gasteiger partial charge on any atom is 0.245 e. The highest BCUT2D eigenvalue weighted by molar-refractivity contribution is 9.10. The number of anilines is 1. The summed E-state index contributed by atoms with van der Waals surface area (Å²) in [6.07, 6.45) is 3.51. The fourth-order valence-electron chi connectivity index (χ4n) is 2.53. The summed E-state index contributed by atoms with van der Waals surface area (Å²) in [6.45, 7) is 5.25. The summed E-state index contributed by atoms with van der Waals surface area (Å²) in [6, 6.07) is 3.85. The Bertz CT molecular complexity index is 686. The maximum atomic E-state index is 12.1. The van der Waals surface area contributed by atoms with E-state index >= 15 is 0 Å². The van der Waals surface area contributed by atoms with Gasteiger partial charge in [0.1, 0.15) is 11.1 Å². The highest BCUT2D eigenvalue weighted by Crippen LogP contribution is 2.31. The number of hydrogen-bond donors (Lipinski definition) is 1. The summed E-state index contributed by atoms with van der Waals surface area (Å²) in [5.74, 6) is 0.0332. The van der Waals surface area contributed by atoms with Crippen LogP contribution >= 0.6 is 15.9 Å². The first kappa shape index (κ1) is 13.3. The van der Waals surface area contributed by atoms with Crippen molar-refractivity contribution in [2.45, 2.75) is 19.4 Å². The Balaban J connectivity index is 2.16. The number of nitrogens with one attached hydrogen (secondary N) is 1. The number of pyridine rings is 2. The highest BCUT2D eigenvalue weighted by atomic mass is 79.9. The first-order valence-electron chi connectivity index (χ1n) is 6.46. The number of amides is 1. The summed E-state index contributed by atoms with van der Waals surface area (Å²) in [5, 5.41) is 2.91. The lowest BCUT2D eigenvalue weighted by Crippen LogP contribution is -2.62. The molecule has 0 spiro atoms. The normalized spacial score (nSPS) is 18.1. The third kappa shape index (κ3) is 2.04. The molecule has 0 aliphatic carbocycles. The van der Waals surface area contributed by atoms with E-state index in [1.165, 1.54) is 0 Å². The van der Waals surface area contributed by atoms with Gasteiger partial charge in [-0.1, -0.05) is 0 Å². The summed E-state index contributed by atoms with van der Waals surface area (Å²) in [5.41, 5.74) is 1.99. The molecular weight excluding hydrogens is 320 g/mol. The molecule has 1 saturated heterocycles. The zero-order valence-electron chi connectivity index (χ0n) is 11.4. The molecule has 1 amide bonds. The molecule has 0 unspecified atom stereocenters. The van der Waals surface area contributed by atoms with E-state index in [-0.39, 0.29) is 5.91 Å². The van der Waals surface area contributed by atoms with E-state index in [4.69, 9.17) is 0 Å². The fourth-order valence-corrected chi connectivity index (χ4v) is 2.85. The summed E-state index contributed by atoms with van der Waals surface area (Å²) >= 11 is 3.40. The molecular formula is C14H15BrN4O. The number of aromatic nitrogens is 2. The van der Waals surface area contributed by atoms with Crippen LogP contribution in [0.15, 0.2) is 29.0 Å². The minimum absolute atomic E-state index is 0.0332. The predicted octanol–water partition coefficient (Wildman–Crippen LogP) is 2.11. The van der Waals surface area contributed by atoms with Crippen LogP contribution in [0, 0.1) is 0 Å². The molecule has 0 atom stereocenters. The molecule has 0 bridgehead atoms. The van der Waals surface area contributed by atoms with Gasteiger partial charge in [0.2, 0.25) is 5.91 Å². The van der Waals surface area contributed by atoms with Crippen molar-refractivity contribution in [3.8, 4) is 0 Å². The average Bonchev–Trinajstić information content (AvgIpc) is 2.41. The number of nitrogens with zero attached hydrogens (tertiary/aromatic N) is 3. The van der Waals surface area contributed by atoms with Crippen molar-refractivity contribution in [2.24, 2.45) is 0 Å². The molecule has 104 valence electrons. The zero-order valence-corrected chi connectivity index (χ0v) is 12.9. The quantitative estimate of drug-likeness (QED) is 0.867. The van der Waals surface area contributed by atoms with Crippen LogP contribution in [-0.4, -0.2) is 34.5 Å². The van der Waals surface area contributed by atoms with Crippen LogP contribution in [-0.2, 0) is 4.79 Å². The molecule has 3 rings (SSSR count). The molecule has 1 N–H and O–H groups in total. The fraction of sp³-hybridized carbons (Fsp3) is 0.357. The van der Waals surface area contributed by atoms with Crippen molar-refractivity contribution >= 4 is 38.6 Å². The molecule has 0 saturated carbocycles. The van der Waals surface area contributed by atoms with Gasteiger partial charge in [-0.05, 0) is 41.9 Å². The van der Waals surface area contributed by atoms with Gasteiger partial charge in [-0.15, -0.1) is 0 Å². The topological polar surface area (TPSA) is 58.1 Å². The van der Waals surface area contributed by atoms with E-state index in [2.05, 4.69) is 36.1 Å². The summed E-state index contributed by atoms with van der Waals surface area (Å²) < 4.78 is 0.894. The maximum absolute atomic E-state index is 12.1. The molecule has 6 heteroatoms. The largest absolute Gasteiger partial charge is 0.354 e. The van der Waals surface area contributed by atoms with Crippen molar-refractivity contribution in [3.63, 3.8) is 0 Å². The SMILES string of the molecule is CC1(C)C(=O)NCCN1c1ccnc2cc(Br)cnc12. The third-order valence-corrected chi connectivity index (χ3v) is 4.10. The molecule has 2 aromatic rings. The van der Waals surface area contributed by atoms with Crippen molar-refractivity contribution in [3.05, 3.63) is 29.0 Å². The average molecular weight is 335 g/mol. The van der Waals surface area contributed by atoms with Gasteiger partial charge in [0, 0.05) is 30.0 Å². The van der Waals surface area contributed by atoms with Crippen LogP contribution in [0.4, 0.5) is 5.69 Å². The zero-order chi connectivity index (χ0) is 14.3. The molecule has 1 fully saturated rings. The summed E-state index contributed by atoms with van der Waals surface area (Å²) in [7, 11) is 0. The smallest absolute Gasteiger partial charge is 0.245 e. The lowest BCUT2D eigenvalue weighted by molar-refractivity contribution is -0.126. The lowest BCUT2D eigenvalue weighted by Gasteiger charge is -2.42. The van der Waals surface area contributed by atoms with Crippen molar-refractivity contribution in [1.29, 1.82) is 0 Å². The van der Waals surface area contributed by atoms with Gasteiger partial charge in [0.05, 0.1) is 11.2 Å². The van der Waals surface area contributed by atoms with E-state index in [0.717, 1.165) is 27.7 Å². The first-order valence-corrected chi connectivity index (χ1v) is 7.25. The second-order valence-electron chi connectivity index (χ2n) is 5.32. The Morgan fingerprint density at radius 2 is 2.20 bits per heavy atom. The number of carbonyl (C=O) groups is 1. The van der Waals surface area contributed by atoms with Crippen LogP contribution in [0.25, 0.3) is 11.0 Å². The number of hydrogen-bond acceptors (Lipinski definition) is 4. The minimum Gasteiger partial charge on any atom is -0.354 e. The monoisotopic (exact) mass is 334 g/mol. The number of piperazine rings is 1. The Hall–Kier alpha value is -1.69. The number of fused-ring (bicyclic) bond motifs is 1. The lowest BCUT2D eigenvalue weighted by atomic mass is 9.98. The van der Waals surface area contributed by atoms with Crippen LogP contribution in [0.5, 0.6) is 0 Å². The molecule has 1 aliphatic rings. The van der Waals surface area contributed by atoms with E-state index in [1.54, 1.807) is 12.4 Å². The Kier molecular flexibility index (Phi) is 3.12. The van der Waals surface area contributed by atoms with Crippen molar-refractivity contribution in [2.75, 3.05) is 18.0 Å². The van der Waals surface area contributed by atoms with Gasteiger partial charge in [0.25, 0.3) is 0 Å². The molecule has 2 aromatic heterocycles. The second-order valence-corrected chi connectivity index (χ2v) is 6.23. The number of carbonyl (C=O) groups excluding carboxylic acids is 1. The summed E-state index contributed by atoms with van der Waals surface area (Å²) in [4.78, 5) is 23.0. The Morgan fingerprint density at radius 1 is 1.40 bits per heavy atom. The van der Waals surface area contributed by atoms with E-state index in [9.17, 15) is 4.79 Å². The third-order valence-electron chi connectivity index (χ3n) is 3.67. The van der Waals surface area contributed by atoms with Gasteiger partial charge < -0.3 is 10.2 Å². The van der Waals surface area contributed by atoms with Gasteiger partial charge >= 0.3 is 0 Å². The van der Waals surface area contributed by atoms with Crippen molar-refractivity contribution in [1.82, 2.24) is 15.3 Å². The minimum atomic E-state index is -0.596. The van der Waals surface area contributed by atoms with E-state index in [0.29, 0.717) is 6.54 Å². The molecule has 0 radical (unpaired) electrons. The number of halogens is 1. The van der Waals surface area contributed by atoms with E-state index < -0.39 is 5.54 Å². The molecule has 0 aromatic carbocycles.